The van der Waals surface area contributed by atoms with Gasteiger partial charge < -0.3 is 15.4 Å². The first-order valence-electron chi connectivity index (χ1n) is 10.1. The van der Waals surface area contributed by atoms with Crippen LogP contribution >= 0.6 is 11.8 Å². The van der Waals surface area contributed by atoms with E-state index in [0.717, 1.165) is 4.90 Å². The second kappa shape index (κ2) is 10.7. The third-order valence-electron chi connectivity index (χ3n) is 4.55. The van der Waals surface area contributed by atoms with Crippen molar-refractivity contribution in [2.75, 3.05) is 18.5 Å². The number of benzene rings is 3. The molecule has 3 aromatic carbocycles. The number of amides is 2. The summed E-state index contributed by atoms with van der Waals surface area (Å²) < 4.78 is 5.46. The van der Waals surface area contributed by atoms with E-state index in [1.807, 2.05) is 31.2 Å². The number of hydrogen-bond donors (Lipinski definition) is 2. The zero-order valence-electron chi connectivity index (χ0n) is 17.9. The number of carbonyl (C=O) groups is 2. The van der Waals surface area contributed by atoms with E-state index in [1.165, 1.54) is 16.0 Å². The molecule has 6 heteroatoms. The highest BCUT2D eigenvalue weighted by Gasteiger charge is 2.13. The standard InChI is InChI=1S/C25H26N2O3S/c1-4-30-22-8-6-5-7-21(22)25(29)26-16-24(28)27-19-11-13-20(14-12-19)31-23-15-17(2)9-10-18(23)3/h5-15H,4,16H2,1-3H3,(H,26,29)(H,27,28). The van der Waals surface area contributed by atoms with Gasteiger partial charge in [0.25, 0.3) is 5.91 Å². The maximum absolute atomic E-state index is 12.4. The molecule has 0 aliphatic rings. The molecule has 0 fully saturated rings. The van der Waals surface area contributed by atoms with Crippen LogP contribution in [0.2, 0.25) is 0 Å². The van der Waals surface area contributed by atoms with Crippen molar-refractivity contribution >= 4 is 29.3 Å². The van der Waals surface area contributed by atoms with E-state index < -0.39 is 0 Å². The van der Waals surface area contributed by atoms with E-state index >= 15 is 0 Å². The Morgan fingerprint density at radius 2 is 1.71 bits per heavy atom. The Morgan fingerprint density at radius 3 is 2.45 bits per heavy atom. The average molecular weight is 435 g/mol. The molecule has 0 spiro atoms. The molecule has 0 atom stereocenters. The molecular weight excluding hydrogens is 408 g/mol. The SMILES string of the molecule is CCOc1ccccc1C(=O)NCC(=O)Nc1ccc(Sc2cc(C)ccc2C)cc1. The highest BCUT2D eigenvalue weighted by molar-refractivity contribution is 7.99. The van der Waals surface area contributed by atoms with Crippen LogP contribution in [0.3, 0.4) is 0 Å². The van der Waals surface area contributed by atoms with Crippen LogP contribution in [0.25, 0.3) is 0 Å². The van der Waals surface area contributed by atoms with E-state index in [1.54, 1.807) is 36.0 Å². The number of anilines is 1. The summed E-state index contributed by atoms with van der Waals surface area (Å²) in [6.45, 7) is 6.36. The number of carbonyl (C=O) groups excluding carboxylic acids is 2. The van der Waals surface area contributed by atoms with Crippen molar-refractivity contribution in [3.8, 4) is 5.75 Å². The van der Waals surface area contributed by atoms with Crippen LogP contribution < -0.4 is 15.4 Å². The Kier molecular flexibility index (Phi) is 7.73. The molecule has 0 aliphatic carbocycles. The van der Waals surface area contributed by atoms with Crippen molar-refractivity contribution < 1.29 is 14.3 Å². The zero-order chi connectivity index (χ0) is 22.2. The van der Waals surface area contributed by atoms with E-state index in [-0.39, 0.29) is 18.4 Å². The van der Waals surface area contributed by atoms with Gasteiger partial charge in [0, 0.05) is 15.5 Å². The molecule has 0 bridgehead atoms. The molecule has 0 aliphatic heterocycles. The number of para-hydroxylation sites is 1. The third-order valence-corrected chi connectivity index (χ3v) is 5.72. The van der Waals surface area contributed by atoms with E-state index in [9.17, 15) is 9.59 Å². The van der Waals surface area contributed by atoms with Crippen molar-refractivity contribution in [1.82, 2.24) is 5.32 Å². The van der Waals surface area contributed by atoms with Crippen molar-refractivity contribution in [3.63, 3.8) is 0 Å². The summed E-state index contributed by atoms with van der Waals surface area (Å²) in [7, 11) is 0. The molecule has 31 heavy (non-hydrogen) atoms. The molecule has 0 radical (unpaired) electrons. The number of rotatable bonds is 8. The fourth-order valence-corrected chi connectivity index (χ4v) is 3.95. The van der Waals surface area contributed by atoms with Crippen molar-refractivity contribution in [2.45, 2.75) is 30.6 Å². The largest absolute Gasteiger partial charge is 0.493 e. The second-order valence-corrected chi connectivity index (χ2v) is 8.17. The first kappa shape index (κ1) is 22.4. The molecular formula is C25H26N2O3S. The van der Waals surface area contributed by atoms with Gasteiger partial charge in [-0.2, -0.15) is 0 Å². The molecule has 3 aromatic rings. The maximum atomic E-state index is 12.4. The predicted molar refractivity (Wildman–Crippen MR) is 125 cm³/mol. The Morgan fingerprint density at radius 1 is 0.968 bits per heavy atom. The van der Waals surface area contributed by atoms with Crippen LogP contribution in [0.15, 0.2) is 76.5 Å². The second-order valence-electron chi connectivity index (χ2n) is 7.06. The molecule has 3 rings (SSSR count). The minimum atomic E-state index is -0.348. The van der Waals surface area contributed by atoms with Gasteiger partial charge in [0.05, 0.1) is 18.7 Å². The molecule has 0 saturated heterocycles. The lowest BCUT2D eigenvalue weighted by Crippen LogP contribution is -2.33. The van der Waals surface area contributed by atoms with Crippen LogP contribution in [-0.2, 0) is 4.79 Å². The Labute approximate surface area is 187 Å². The summed E-state index contributed by atoms with van der Waals surface area (Å²) in [5.74, 6) is -0.142. The van der Waals surface area contributed by atoms with Crippen molar-refractivity contribution in [2.24, 2.45) is 0 Å². The Bertz CT molecular complexity index is 1060. The van der Waals surface area contributed by atoms with Gasteiger partial charge >= 0.3 is 0 Å². The van der Waals surface area contributed by atoms with Crippen LogP contribution in [0, 0.1) is 13.8 Å². The van der Waals surface area contributed by atoms with Crippen LogP contribution in [0.1, 0.15) is 28.4 Å². The summed E-state index contributed by atoms with van der Waals surface area (Å²) in [5.41, 5.74) is 3.54. The Balaban J connectivity index is 1.54. The van der Waals surface area contributed by atoms with Crippen LogP contribution in [0.5, 0.6) is 5.75 Å². The van der Waals surface area contributed by atoms with Gasteiger partial charge in [0.15, 0.2) is 0 Å². The van der Waals surface area contributed by atoms with Gasteiger partial charge in [0.2, 0.25) is 5.91 Å². The van der Waals surface area contributed by atoms with Gasteiger partial charge in [-0.25, -0.2) is 0 Å². The van der Waals surface area contributed by atoms with Gasteiger partial charge in [-0.3, -0.25) is 9.59 Å². The summed E-state index contributed by atoms with van der Waals surface area (Å²) in [5, 5.41) is 5.44. The molecule has 0 aromatic heterocycles. The number of ether oxygens (including phenoxy) is 1. The summed E-state index contributed by atoms with van der Waals surface area (Å²) >= 11 is 1.69. The van der Waals surface area contributed by atoms with Gasteiger partial charge in [-0.05, 0) is 74.4 Å². The molecule has 2 amide bonds. The normalized spacial score (nSPS) is 10.4. The molecule has 0 saturated carbocycles. The Hall–Kier alpha value is -3.25. The van der Waals surface area contributed by atoms with Gasteiger partial charge in [-0.1, -0.05) is 36.0 Å². The molecule has 160 valence electrons. The van der Waals surface area contributed by atoms with E-state index in [0.29, 0.717) is 23.6 Å². The predicted octanol–water partition coefficient (Wildman–Crippen LogP) is 5.22. The maximum Gasteiger partial charge on any atom is 0.255 e. The van der Waals surface area contributed by atoms with Gasteiger partial charge in [0.1, 0.15) is 5.75 Å². The first-order valence-corrected chi connectivity index (χ1v) is 10.9. The monoisotopic (exact) mass is 434 g/mol. The minimum absolute atomic E-state index is 0.127. The summed E-state index contributed by atoms with van der Waals surface area (Å²) in [4.78, 5) is 27.0. The number of hydrogen-bond acceptors (Lipinski definition) is 4. The quantitative estimate of drug-likeness (QED) is 0.510. The highest BCUT2D eigenvalue weighted by atomic mass is 32.2. The molecule has 0 unspecified atom stereocenters. The number of aryl methyl sites for hydroxylation is 2. The highest BCUT2D eigenvalue weighted by Crippen LogP contribution is 2.31. The van der Waals surface area contributed by atoms with Gasteiger partial charge in [-0.15, -0.1) is 0 Å². The number of nitrogens with one attached hydrogen (secondary N) is 2. The van der Waals surface area contributed by atoms with Crippen molar-refractivity contribution in [3.05, 3.63) is 83.4 Å². The van der Waals surface area contributed by atoms with E-state index in [2.05, 4.69) is 42.7 Å². The summed E-state index contributed by atoms with van der Waals surface area (Å²) in [6, 6.07) is 21.0. The lowest BCUT2D eigenvalue weighted by molar-refractivity contribution is -0.115. The lowest BCUT2D eigenvalue weighted by Gasteiger charge is -2.11. The summed E-state index contributed by atoms with van der Waals surface area (Å²) in [6.07, 6.45) is 0. The lowest BCUT2D eigenvalue weighted by atomic mass is 10.2. The smallest absolute Gasteiger partial charge is 0.255 e. The topological polar surface area (TPSA) is 67.4 Å². The first-order chi connectivity index (χ1) is 15.0. The molecule has 5 nitrogen and oxygen atoms in total. The fourth-order valence-electron chi connectivity index (χ4n) is 2.95. The molecule has 0 heterocycles. The van der Waals surface area contributed by atoms with Crippen molar-refractivity contribution in [1.29, 1.82) is 0 Å². The minimum Gasteiger partial charge on any atom is -0.493 e. The van der Waals surface area contributed by atoms with Crippen LogP contribution in [-0.4, -0.2) is 25.0 Å². The van der Waals surface area contributed by atoms with E-state index in [4.69, 9.17) is 4.74 Å². The van der Waals surface area contributed by atoms with Crippen LogP contribution in [0.4, 0.5) is 5.69 Å². The average Bonchev–Trinajstić information content (AvgIpc) is 2.76. The molecule has 2 N–H and O–H groups in total. The zero-order valence-corrected chi connectivity index (χ0v) is 18.7. The fraction of sp³-hybridized carbons (Fsp3) is 0.200. The third kappa shape index (κ3) is 6.36.